The van der Waals surface area contributed by atoms with Crippen LogP contribution in [0.3, 0.4) is 0 Å². The van der Waals surface area contributed by atoms with E-state index in [1.165, 1.54) is 0 Å². The second-order valence-electron chi connectivity index (χ2n) is 3.94. The molecule has 0 fully saturated rings. The highest BCUT2D eigenvalue weighted by atomic mass is 15.3. The molecule has 0 spiro atoms. The molecular weight excluding hydrogens is 240 g/mol. The third-order valence-electron chi connectivity index (χ3n) is 2.73. The van der Waals surface area contributed by atoms with Crippen molar-refractivity contribution < 1.29 is 0 Å². The summed E-state index contributed by atoms with van der Waals surface area (Å²) >= 11 is 0. The van der Waals surface area contributed by atoms with Gasteiger partial charge in [0.15, 0.2) is 0 Å². The Morgan fingerprint density at radius 2 is 2.00 bits per heavy atom. The topological polar surface area (TPSA) is 88.8 Å². The zero-order chi connectivity index (χ0) is 13.1. The fraction of sp³-hybridized carbons (Fsp3) is 0. The minimum atomic E-state index is 0.364. The average molecular weight is 252 g/mol. The van der Waals surface area contributed by atoms with Gasteiger partial charge in [0.25, 0.3) is 0 Å². The van der Waals surface area contributed by atoms with Crippen molar-refractivity contribution in [2.75, 3.05) is 10.7 Å². The third-order valence-corrected chi connectivity index (χ3v) is 2.73. The Morgan fingerprint density at radius 1 is 1.05 bits per heavy atom. The van der Waals surface area contributed by atoms with Crippen molar-refractivity contribution in [1.82, 2.24) is 15.0 Å². The van der Waals surface area contributed by atoms with Crippen molar-refractivity contribution in [2.24, 2.45) is 5.84 Å². The summed E-state index contributed by atoms with van der Waals surface area (Å²) in [4.78, 5) is 12.3. The largest absolute Gasteiger partial charge is 0.340 e. The van der Waals surface area contributed by atoms with E-state index in [-0.39, 0.29) is 0 Å². The predicted molar refractivity (Wildman–Crippen MR) is 74.9 cm³/mol. The van der Waals surface area contributed by atoms with Crippen LogP contribution in [-0.2, 0) is 0 Å². The standard InChI is InChI=1S/C13H12N6/c14-19-13-16-7-5-12(18-13)17-11-3-1-2-9-4-6-15-8-10(9)11/h1-8H,14H2,(H2,16,17,18,19). The molecule has 19 heavy (non-hydrogen) atoms. The number of rotatable bonds is 3. The number of anilines is 3. The van der Waals surface area contributed by atoms with E-state index in [1.807, 2.05) is 30.5 Å². The van der Waals surface area contributed by atoms with E-state index < -0.39 is 0 Å². The summed E-state index contributed by atoms with van der Waals surface area (Å²) in [5, 5.41) is 5.39. The zero-order valence-corrected chi connectivity index (χ0v) is 10.0. The van der Waals surface area contributed by atoms with E-state index in [9.17, 15) is 0 Å². The van der Waals surface area contributed by atoms with Gasteiger partial charge in [0.2, 0.25) is 5.95 Å². The van der Waals surface area contributed by atoms with E-state index >= 15 is 0 Å². The van der Waals surface area contributed by atoms with Gasteiger partial charge in [-0.1, -0.05) is 12.1 Å². The summed E-state index contributed by atoms with van der Waals surface area (Å²) in [6.45, 7) is 0. The average Bonchev–Trinajstić information content (AvgIpc) is 2.48. The lowest BCUT2D eigenvalue weighted by molar-refractivity contribution is 1.12. The maximum absolute atomic E-state index is 5.29. The molecule has 3 aromatic rings. The van der Waals surface area contributed by atoms with Crippen LogP contribution < -0.4 is 16.6 Å². The van der Waals surface area contributed by atoms with Gasteiger partial charge in [-0.05, 0) is 23.6 Å². The van der Waals surface area contributed by atoms with Crippen molar-refractivity contribution in [3.8, 4) is 0 Å². The van der Waals surface area contributed by atoms with E-state index in [2.05, 4.69) is 25.7 Å². The number of nitrogens with zero attached hydrogens (tertiary/aromatic N) is 3. The summed E-state index contributed by atoms with van der Waals surface area (Å²) in [5.41, 5.74) is 3.35. The quantitative estimate of drug-likeness (QED) is 0.488. The van der Waals surface area contributed by atoms with Crippen LogP contribution in [0.25, 0.3) is 10.8 Å². The molecule has 2 heterocycles. The van der Waals surface area contributed by atoms with Crippen LogP contribution >= 0.6 is 0 Å². The molecule has 0 aliphatic rings. The summed E-state index contributed by atoms with van der Waals surface area (Å²) in [6, 6.07) is 9.73. The molecule has 0 aliphatic carbocycles. The molecular formula is C13H12N6. The van der Waals surface area contributed by atoms with Crippen LogP contribution in [0.15, 0.2) is 48.9 Å². The minimum Gasteiger partial charge on any atom is -0.340 e. The molecule has 4 N–H and O–H groups in total. The number of nitrogen functional groups attached to an aromatic ring is 1. The highest BCUT2D eigenvalue weighted by molar-refractivity contribution is 5.94. The second kappa shape index (κ2) is 4.87. The molecule has 1 aromatic carbocycles. The first-order valence-corrected chi connectivity index (χ1v) is 5.76. The number of fused-ring (bicyclic) bond motifs is 1. The molecule has 94 valence electrons. The molecule has 0 saturated heterocycles. The Morgan fingerprint density at radius 3 is 2.89 bits per heavy atom. The maximum Gasteiger partial charge on any atom is 0.239 e. The van der Waals surface area contributed by atoms with Gasteiger partial charge in [0.1, 0.15) is 5.82 Å². The van der Waals surface area contributed by atoms with Gasteiger partial charge in [-0.3, -0.25) is 10.4 Å². The molecule has 0 saturated carbocycles. The Kier molecular flexibility index (Phi) is 2.91. The number of hydrazine groups is 1. The van der Waals surface area contributed by atoms with Crippen LogP contribution in [0.1, 0.15) is 0 Å². The summed E-state index contributed by atoms with van der Waals surface area (Å²) in [5.74, 6) is 6.32. The van der Waals surface area contributed by atoms with Crippen LogP contribution in [0, 0.1) is 0 Å². The highest BCUT2D eigenvalue weighted by Crippen LogP contribution is 2.24. The van der Waals surface area contributed by atoms with Gasteiger partial charge in [-0.2, -0.15) is 4.98 Å². The van der Waals surface area contributed by atoms with Crippen LogP contribution in [0.2, 0.25) is 0 Å². The fourth-order valence-electron chi connectivity index (χ4n) is 1.86. The van der Waals surface area contributed by atoms with Crippen molar-refractivity contribution >= 4 is 28.2 Å². The number of nitrogens with two attached hydrogens (primary N) is 1. The molecule has 2 aromatic heterocycles. The Hall–Kier alpha value is -2.73. The lowest BCUT2D eigenvalue weighted by Crippen LogP contribution is -2.10. The summed E-state index contributed by atoms with van der Waals surface area (Å²) in [7, 11) is 0. The molecule has 0 aliphatic heterocycles. The van der Waals surface area contributed by atoms with Gasteiger partial charge in [0, 0.05) is 29.7 Å². The molecule has 0 atom stereocenters. The number of benzene rings is 1. The van der Waals surface area contributed by atoms with Gasteiger partial charge in [-0.15, -0.1) is 0 Å². The first kappa shape index (κ1) is 11.4. The normalized spacial score (nSPS) is 10.4. The van der Waals surface area contributed by atoms with Crippen LogP contribution in [0.4, 0.5) is 17.5 Å². The lowest BCUT2D eigenvalue weighted by Gasteiger charge is -2.09. The Bertz CT molecular complexity index is 707. The van der Waals surface area contributed by atoms with E-state index in [1.54, 1.807) is 18.5 Å². The van der Waals surface area contributed by atoms with Gasteiger partial charge < -0.3 is 5.32 Å². The highest BCUT2D eigenvalue weighted by Gasteiger charge is 2.02. The molecule has 0 amide bonds. The van der Waals surface area contributed by atoms with E-state index in [0.29, 0.717) is 11.8 Å². The summed E-state index contributed by atoms with van der Waals surface area (Å²) in [6.07, 6.45) is 5.22. The summed E-state index contributed by atoms with van der Waals surface area (Å²) < 4.78 is 0. The van der Waals surface area contributed by atoms with Crippen molar-refractivity contribution in [1.29, 1.82) is 0 Å². The number of hydrogen-bond acceptors (Lipinski definition) is 6. The van der Waals surface area contributed by atoms with Crippen molar-refractivity contribution in [3.63, 3.8) is 0 Å². The number of aromatic nitrogens is 3. The predicted octanol–water partition coefficient (Wildman–Crippen LogP) is 2.05. The van der Waals surface area contributed by atoms with Crippen LogP contribution in [0.5, 0.6) is 0 Å². The first-order chi connectivity index (χ1) is 9.36. The molecule has 0 radical (unpaired) electrons. The third kappa shape index (κ3) is 2.29. The lowest BCUT2D eigenvalue weighted by atomic mass is 10.1. The van der Waals surface area contributed by atoms with Gasteiger partial charge in [-0.25, -0.2) is 10.8 Å². The smallest absolute Gasteiger partial charge is 0.239 e. The number of hydrogen-bond donors (Lipinski definition) is 3. The minimum absolute atomic E-state index is 0.364. The van der Waals surface area contributed by atoms with Crippen LogP contribution in [-0.4, -0.2) is 15.0 Å². The monoisotopic (exact) mass is 252 g/mol. The zero-order valence-electron chi connectivity index (χ0n) is 10.0. The fourth-order valence-corrected chi connectivity index (χ4v) is 1.86. The van der Waals surface area contributed by atoms with Gasteiger partial charge in [0.05, 0.1) is 0 Å². The molecule has 6 nitrogen and oxygen atoms in total. The Labute approximate surface area is 109 Å². The maximum atomic E-state index is 5.29. The molecule has 0 unspecified atom stereocenters. The van der Waals surface area contributed by atoms with Gasteiger partial charge >= 0.3 is 0 Å². The molecule has 6 heteroatoms. The SMILES string of the molecule is NNc1nccc(Nc2cccc3ccncc23)n1. The Balaban J connectivity index is 2.01. The van der Waals surface area contributed by atoms with Crippen molar-refractivity contribution in [3.05, 3.63) is 48.9 Å². The van der Waals surface area contributed by atoms with E-state index in [0.717, 1.165) is 16.5 Å². The molecule has 0 bridgehead atoms. The number of pyridine rings is 1. The molecule has 3 rings (SSSR count). The number of nitrogens with one attached hydrogen (secondary N) is 2. The second-order valence-corrected chi connectivity index (χ2v) is 3.94. The van der Waals surface area contributed by atoms with E-state index in [4.69, 9.17) is 5.84 Å². The van der Waals surface area contributed by atoms with Crippen molar-refractivity contribution in [2.45, 2.75) is 0 Å². The first-order valence-electron chi connectivity index (χ1n) is 5.76.